The molecule has 6 heteroatoms. The van der Waals surface area contributed by atoms with Gasteiger partial charge in [-0.3, -0.25) is 4.99 Å². The Bertz CT molecular complexity index is 492. The first kappa shape index (κ1) is 18.2. The summed E-state index contributed by atoms with van der Waals surface area (Å²) in [6, 6.07) is 0. The first-order valence-electron chi connectivity index (χ1n) is 8.72. The van der Waals surface area contributed by atoms with Crippen molar-refractivity contribution in [2.75, 3.05) is 39.8 Å². The molecular formula is C17H31N5S. The van der Waals surface area contributed by atoms with E-state index in [2.05, 4.69) is 46.3 Å². The van der Waals surface area contributed by atoms with E-state index in [4.69, 9.17) is 0 Å². The van der Waals surface area contributed by atoms with Crippen LogP contribution < -0.4 is 10.6 Å². The summed E-state index contributed by atoms with van der Waals surface area (Å²) in [5.41, 5.74) is 1.16. The van der Waals surface area contributed by atoms with Crippen LogP contribution in [0.2, 0.25) is 0 Å². The van der Waals surface area contributed by atoms with Gasteiger partial charge in [-0.2, -0.15) is 0 Å². The highest BCUT2D eigenvalue weighted by molar-refractivity contribution is 7.11. The monoisotopic (exact) mass is 337 g/mol. The normalized spacial score (nSPS) is 19.8. The maximum absolute atomic E-state index is 4.58. The largest absolute Gasteiger partial charge is 0.356 e. The van der Waals surface area contributed by atoms with Crippen molar-refractivity contribution in [3.05, 3.63) is 15.6 Å². The minimum Gasteiger partial charge on any atom is -0.356 e. The van der Waals surface area contributed by atoms with Crippen molar-refractivity contribution in [2.24, 2.45) is 10.9 Å². The molecule has 5 nitrogen and oxygen atoms in total. The van der Waals surface area contributed by atoms with E-state index in [9.17, 15) is 0 Å². The van der Waals surface area contributed by atoms with Gasteiger partial charge >= 0.3 is 0 Å². The molecule has 1 aliphatic rings. The summed E-state index contributed by atoms with van der Waals surface area (Å²) in [5, 5.41) is 8.09. The lowest BCUT2D eigenvalue weighted by atomic mass is 9.98. The highest BCUT2D eigenvalue weighted by Crippen LogP contribution is 2.16. The van der Waals surface area contributed by atoms with E-state index in [0.29, 0.717) is 0 Å². The van der Waals surface area contributed by atoms with Crippen LogP contribution in [0.15, 0.2) is 4.99 Å². The summed E-state index contributed by atoms with van der Waals surface area (Å²) in [6.07, 6.45) is 3.58. The Morgan fingerprint density at radius 1 is 1.39 bits per heavy atom. The molecule has 1 unspecified atom stereocenters. The Hall–Kier alpha value is -1.14. The van der Waals surface area contributed by atoms with Crippen LogP contribution in [0.5, 0.6) is 0 Å². The molecule has 0 aliphatic carbocycles. The third-order valence-corrected chi connectivity index (χ3v) is 5.67. The number of aryl methyl sites for hydroxylation is 2. The zero-order chi connectivity index (χ0) is 16.7. The highest BCUT2D eigenvalue weighted by atomic mass is 32.1. The van der Waals surface area contributed by atoms with Crippen LogP contribution in [0.25, 0.3) is 0 Å². The fourth-order valence-corrected chi connectivity index (χ4v) is 3.93. The Morgan fingerprint density at radius 3 is 2.87 bits per heavy atom. The van der Waals surface area contributed by atoms with Crippen LogP contribution in [0, 0.1) is 19.8 Å². The van der Waals surface area contributed by atoms with Crippen LogP contribution in [0.1, 0.15) is 35.3 Å². The molecule has 2 N–H and O–H groups in total. The number of thiazole rings is 1. The van der Waals surface area contributed by atoms with Gasteiger partial charge in [-0.15, -0.1) is 11.3 Å². The van der Waals surface area contributed by atoms with Crippen molar-refractivity contribution in [3.63, 3.8) is 0 Å². The number of nitrogens with zero attached hydrogens (tertiary/aromatic N) is 3. The molecule has 1 aliphatic heterocycles. The first-order chi connectivity index (χ1) is 11.1. The van der Waals surface area contributed by atoms with Gasteiger partial charge in [0, 0.05) is 38.0 Å². The summed E-state index contributed by atoms with van der Waals surface area (Å²) < 4.78 is 0. The quantitative estimate of drug-likeness (QED) is 0.617. The number of likely N-dealkylation sites (tertiary alicyclic amines) is 1. The zero-order valence-corrected chi connectivity index (χ0v) is 15.8. The molecule has 0 spiro atoms. The fraction of sp³-hybridized carbons (Fsp3) is 0.765. The summed E-state index contributed by atoms with van der Waals surface area (Å²) >= 11 is 1.80. The van der Waals surface area contributed by atoms with Gasteiger partial charge in [-0.05, 0) is 45.7 Å². The predicted octanol–water partition coefficient (Wildman–Crippen LogP) is 2.20. The van der Waals surface area contributed by atoms with Crippen LogP contribution in [-0.2, 0) is 6.42 Å². The summed E-state index contributed by atoms with van der Waals surface area (Å²) in [7, 11) is 1.84. The number of guanidine groups is 1. The predicted molar refractivity (Wildman–Crippen MR) is 99.5 cm³/mol. The summed E-state index contributed by atoms with van der Waals surface area (Å²) in [6.45, 7) is 12.0. The van der Waals surface area contributed by atoms with E-state index in [1.807, 2.05) is 7.05 Å². The van der Waals surface area contributed by atoms with Gasteiger partial charge in [0.1, 0.15) is 0 Å². The summed E-state index contributed by atoms with van der Waals surface area (Å²) in [5.74, 6) is 1.63. The highest BCUT2D eigenvalue weighted by Gasteiger charge is 2.18. The van der Waals surface area contributed by atoms with Gasteiger partial charge in [0.2, 0.25) is 0 Å². The molecule has 23 heavy (non-hydrogen) atoms. The van der Waals surface area contributed by atoms with E-state index >= 15 is 0 Å². The van der Waals surface area contributed by atoms with E-state index in [1.165, 1.54) is 35.8 Å². The molecule has 130 valence electrons. The zero-order valence-electron chi connectivity index (χ0n) is 15.0. The molecule has 0 bridgehead atoms. The van der Waals surface area contributed by atoms with Crippen molar-refractivity contribution in [1.82, 2.24) is 20.5 Å². The lowest BCUT2D eigenvalue weighted by molar-refractivity contribution is 0.183. The van der Waals surface area contributed by atoms with Crippen LogP contribution in [0.3, 0.4) is 0 Å². The molecule has 2 heterocycles. The van der Waals surface area contributed by atoms with E-state index in [0.717, 1.165) is 43.6 Å². The maximum Gasteiger partial charge on any atom is 0.191 e. The van der Waals surface area contributed by atoms with Crippen LogP contribution in [0.4, 0.5) is 0 Å². The van der Waals surface area contributed by atoms with E-state index in [-0.39, 0.29) is 0 Å². The smallest absolute Gasteiger partial charge is 0.191 e. The Kier molecular flexibility index (Phi) is 7.30. The molecule has 0 aromatic carbocycles. The summed E-state index contributed by atoms with van der Waals surface area (Å²) in [4.78, 5) is 12.8. The maximum atomic E-state index is 4.58. The standard InChI is InChI=1S/C17H31N5S/c1-5-22-10-6-7-15(12-22)11-20-17(18-4)19-9-8-16-21-13(2)14(3)23-16/h15H,5-12H2,1-4H3,(H2,18,19,20). The number of hydrogen-bond donors (Lipinski definition) is 2. The van der Waals surface area contributed by atoms with Crippen LogP contribution >= 0.6 is 11.3 Å². The van der Waals surface area contributed by atoms with E-state index < -0.39 is 0 Å². The van der Waals surface area contributed by atoms with Gasteiger partial charge in [0.05, 0.1) is 10.7 Å². The lowest BCUT2D eigenvalue weighted by Gasteiger charge is -2.32. The average molecular weight is 338 g/mol. The third kappa shape index (κ3) is 5.77. The molecule has 1 aromatic rings. The molecule has 0 amide bonds. The molecule has 0 saturated carbocycles. The van der Waals surface area contributed by atoms with Crippen molar-refractivity contribution in [2.45, 2.75) is 40.0 Å². The Morgan fingerprint density at radius 2 is 2.22 bits per heavy atom. The van der Waals surface area contributed by atoms with Crippen molar-refractivity contribution < 1.29 is 0 Å². The number of rotatable bonds is 6. The SMILES string of the molecule is CCN1CCCC(CNC(=NC)NCCc2nc(C)c(C)s2)C1. The van der Waals surface area contributed by atoms with Gasteiger partial charge in [-0.25, -0.2) is 4.98 Å². The van der Waals surface area contributed by atoms with Gasteiger partial charge in [0.15, 0.2) is 5.96 Å². The number of piperidine rings is 1. The van der Waals surface area contributed by atoms with Gasteiger partial charge in [-0.1, -0.05) is 6.92 Å². The average Bonchev–Trinajstić information content (AvgIpc) is 2.89. The first-order valence-corrected chi connectivity index (χ1v) is 9.53. The van der Waals surface area contributed by atoms with Gasteiger partial charge in [0.25, 0.3) is 0 Å². The third-order valence-electron chi connectivity index (χ3n) is 4.54. The minimum absolute atomic E-state index is 0.728. The lowest BCUT2D eigenvalue weighted by Crippen LogP contribution is -2.44. The number of aliphatic imine (C=N–C) groups is 1. The molecule has 1 aromatic heterocycles. The van der Waals surface area contributed by atoms with Crippen molar-refractivity contribution in [3.8, 4) is 0 Å². The molecular weight excluding hydrogens is 306 g/mol. The number of aromatic nitrogens is 1. The molecule has 0 radical (unpaired) electrons. The topological polar surface area (TPSA) is 52.5 Å². The fourth-order valence-electron chi connectivity index (χ4n) is 3.00. The van der Waals surface area contributed by atoms with Gasteiger partial charge < -0.3 is 15.5 Å². The second-order valence-electron chi connectivity index (χ2n) is 6.28. The van der Waals surface area contributed by atoms with E-state index in [1.54, 1.807) is 11.3 Å². The minimum atomic E-state index is 0.728. The second-order valence-corrected chi connectivity index (χ2v) is 7.57. The second kappa shape index (κ2) is 9.23. The number of hydrogen-bond acceptors (Lipinski definition) is 4. The Balaban J connectivity index is 1.69. The Labute approximate surface area is 144 Å². The van der Waals surface area contributed by atoms with Crippen molar-refractivity contribution in [1.29, 1.82) is 0 Å². The van der Waals surface area contributed by atoms with Crippen LogP contribution in [-0.4, -0.2) is 55.6 Å². The molecule has 2 rings (SSSR count). The van der Waals surface area contributed by atoms with Crippen molar-refractivity contribution >= 4 is 17.3 Å². The molecule has 1 saturated heterocycles. The number of nitrogens with one attached hydrogen (secondary N) is 2. The molecule has 1 fully saturated rings. The molecule has 1 atom stereocenters.